The van der Waals surface area contributed by atoms with Gasteiger partial charge in [-0.25, -0.2) is 0 Å². The Labute approximate surface area is 60.9 Å². The third-order valence-electron chi connectivity index (χ3n) is 1.54. The molecule has 54 valence electrons. The fourth-order valence-electron chi connectivity index (χ4n) is 0.899. The Morgan fingerprint density at radius 3 is 2.78 bits per heavy atom. The van der Waals surface area contributed by atoms with Crippen LogP contribution < -0.4 is 0 Å². The van der Waals surface area contributed by atoms with Crippen molar-refractivity contribution in [1.82, 2.24) is 0 Å². The summed E-state index contributed by atoms with van der Waals surface area (Å²) in [6.07, 6.45) is 2.38. The molecule has 1 rings (SSSR count). The van der Waals surface area contributed by atoms with E-state index in [0.29, 0.717) is 12.7 Å². The van der Waals surface area contributed by atoms with Crippen molar-refractivity contribution in [1.29, 1.82) is 0 Å². The van der Waals surface area contributed by atoms with E-state index in [9.17, 15) is 0 Å². The van der Waals surface area contributed by atoms with Gasteiger partial charge in [0, 0.05) is 7.11 Å². The summed E-state index contributed by atoms with van der Waals surface area (Å²) in [5.74, 6) is 0. The Morgan fingerprint density at radius 2 is 2.33 bits per heavy atom. The van der Waals surface area contributed by atoms with Crippen LogP contribution in [-0.2, 0) is 9.47 Å². The summed E-state index contributed by atoms with van der Waals surface area (Å²) in [6, 6.07) is 0. The second-order valence-corrected chi connectivity index (χ2v) is 2.80. The summed E-state index contributed by atoms with van der Waals surface area (Å²) in [5, 5.41) is 0. The Kier molecular flexibility index (Phi) is 2.82. The molecule has 0 bridgehead atoms. The maximum atomic E-state index is 5.22. The molecule has 0 amide bonds. The van der Waals surface area contributed by atoms with E-state index >= 15 is 0 Å². The number of methoxy groups -OCH3 is 1. The van der Waals surface area contributed by atoms with Crippen molar-refractivity contribution in [2.45, 2.75) is 24.4 Å². The van der Waals surface area contributed by atoms with E-state index in [4.69, 9.17) is 9.47 Å². The first-order chi connectivity index (χ1) is 4.33. The Bertz CT molecular complexity index is 79.1. The van der Waals surface area contributed by atoms with Crippen molar-refractivity contribution in [3.8, 4) is 0 Å². The summed E-state index contributed by atoms with van der Waals surface area (Å²) in [5.41, 5.74) is 0.136. The zero-order valence-electron chi connectivity index (χ0n) is 5.54. The van der Waals surface area contributed by atoms with E-state index in [2.05, 4.69) is 12.6 Å². The normalized spacial score (nSPS) is 36.7. The van der Waals surface area contributed by atoms with Crippen molar-refractivity contribution >= 4 is 12.6 Å². The molecule has 0 aliphatic carbocycles. The molecule has 1 fully saturated rings. The van der Waals surface area contributed by atoms with Crippen molar-refractivity contribution in [2.24, 2.45) is 0 Å². The van der Waals surface area contributed by atoms with Gasteiger partial charge in [0.15, 0.2) is 0 Å². The highest BCUT2D eigenvalue weighted by molar-refractivity contribution is 7.80. The zero-order chi connectivity index (χ0) is 6.69. The number of hydrogen-bond donors (Lipinski definition) is 1. The lowest BCUT2D eigenvalue weighted by molar-refractivity contribution is -0.0403. The summed E-state index contributed by atoms with van der Waals surface area (Å²) in [7, 11) is 1.72. The van der Waals surface area contributed by atoms with Gasteiger partial charge in [-0.05, 0) is 12.8 Å². The van der Waals surface area contributed by atoms with Crippen LogP contribution in [0.25, 0.3) is 0 Å². The third kappa shape index (κ3) is 2.16. The Balaban J connectivity index is 2.18. The molecular formula is C6H12O2S. The van der Waals surface area contributed by atoms with Gasteiger partial charge in [-0.1, -0.05) is 0 Å². The predicted molar refractivity (Wildman–Crippen MR) is 38.8 cm³/mol. The highest BCUT2D eigenvalue weighted by Gasteiger charge is 2.17. The monoisotopic (exact) mass is 148 g/mol. The van der Waals surface area contributed by atoms with Gasteiger partial charge >= 0.3 is 0 Å². The van der Waals surface area contributed by atoms with Gasteiger partial charge in [-0.3, -0.25) is 0 Å². The third-order valence-corrected chi connectivity index (χ3v) is 1.95. The Hall–Kier alpha value is 0.270. The summed E-state index contributed by atoms with van der Waals surface area (Å²) in [6.45, 7) is 0.699. The second kappa shape index (κ2) is 3.44. The molecule has 2 atom stereocenters. The fourth-order valence-corrected chi connectivity index (χ4v) is 1.13. The van der Waals surface area contributed by atoms with Crippen molar-refractivity contribution in [3.05, 3.63) is 0 Å². The standard InChI is InChI=1S/C6H12O2S/c1-7-5-2-3-6(9)8-4-5/h5-6,9H,2-4H2,1H3. The first-order valence-corrected chi connectivity index (χ1v) is 3.67. The van der Waals surface area contributed by atoms with Gasteiger partial charge in [0.2, 0.25) is 0 Å². The van der Waals surface area contributed by atoms with E-state index < -0.39 is 0 Å². The number of ether oxygens (including phenoxy) is 2. The molecule has 9 heavy (non-hydrogen) atoms. The molecule has 0 aromatic carbocycles. The van der Waals surface area contributed by atoms with Crippen molar-refractivity contribution in [2.75, 3.05) is 13.7 Å². The molecule has 1 saturated heterocycles. The zero-order valence-corrected chi connectivity index (χ0v) is 6.43. The van der Waals surface area contributed by atoms with E-state index in [0.717, 1.165) is 12.8 Å². The number of thiol groups is 1. The maximum Gasteiger partial charge on any atom is 0.100 e. The SMILES string of the molecule is COC1CCC(S)OC1. The van der Waals surface area contributed by atoms with Gasteiger partial charge in [-0.15, -0.1) is 12.6 Å². The van der Waals surface area contributed by atoms with E-state index in [-0.39, 0.29) is 5.44 Å². The molecule has 2 nitrogen and oxygen atoms in total. The van der Waals surface area contributed by atoms with Crippen LogP contribution in [0.3, 0.4) is 0 Å². The van der Waals surface area contributed by atoms with Gasteiger partial charge < -0.3 is 9.47 Å². The number of hydrogen-bond acceptors (Lipinski definition) is 3. The van der Waals surface area contributed by atoms with E-state index in [1.807, 2.05) is 0 Å². The lowest BCUT2D eigenvalue weighted by atomic mass is 10.2. The minimum absolute atomic E-state index is 0.136. The largest absolute Gasteiger partial charge is 0.379 e. The van der Waals surface area contributed by atoms with E-state index in [1.54, 1.807) is 7.11 Å². The topological polar surface area (TPSA) is 18.5 Å². The van der Waals surface area contributed by atoms with Gasteiger partial charge in [-0.2, -0.15) is 0 Å². The molecular weight excluding hydrogens is 136 g/mol. The quantitative estimate of drug-likeness (QED) is 0.561. The van der Waals surface area contributed by atoms with Crippen molar-refractivity contribution in [3.63, 3.8) is 0 Å². The molecule has 0 saturated carbocycles. The minimum atomic E-state index is 0.136. The fraction of sp³-hybridized carbons (Fsp3) is 1.00. The molecule has 0 spiro atoms. The lowest BCUT2D eigenvalue weighted by Crippen LogP contribution is -2.27. The molecule has 1 aliphatic rings. The van der Waals surface area contributed by atoms with Crippen LogP contribution in [0.1, 0.15) is 12.8 Å². The van der Waals surface area contributed by atoms with Gasteiger partial charge in [0.25, 0.3) is 0 Å². The summed E-state index contributed by atoms with van der Waals surface area (Å²) < 4.78 is 10.3. The first-order valence-electron chi connectivity index (χ1n) is 3.15. The smallest absolute Gasteiger partial charge is 0.100 e. The summed E-state index contributed by atoms with van der Waals surface area (Å²) in [4.78, 5) is 0. The molecule has 0 aromatic rings. The van der Waals surface area contributed by atoms with Crippen LogP contribution in [0.15, 0.2) is 0 Å². The second-order valence-electron chi connectivity index (χ2n) is 2.22. The Morgan fingerprint density at radius 1 is 1.56 bits per heavy atom. The average Bonchev–Trinajstić information content (AvgIpc) is 1.90. The summed E-state index contributed by atoms with van der Waals surface area (Å²) >= 11 is 4.16. The van der Waals surface area contributed by atoms with Crippen LogP contribution in [0, 0.1) is 0 Å². The molecule has 0 N–H and O–H groups in total. The molecule has 1 heterocycles. The van der Waals surface area contributed by atoms with Crippen LogP contribution in [-0.4, -0.2) is 25.3 Å². The minimum Gasteiger partial charge on any atom is -0.379 e. The van der Waals surface area contributed by atoms with Gasteiger partial charge in [0.1, 0.15) is 5.44 Å². The maximum absolute atomic E-state index is 5.22. The van der Waals surface area contributed by atoms with Gasteiger partial charge in [0.05, 0.1) is 12.7 Å². The molecule has 0 aromatic heterocycles. The van der Waals surface area contributed by atoms with Crippen LogP contribution in [0.2, 0.25) is 0 Å². The van der Waals surface area contributed by atoms with Crippen molar-refractivity contribution < 1.29 is 9.47 Å². The van der Waals surface area contributed by atoms with Crippen LogP contribution >= 0.6 is 12.6 Å². The van der Waals surface area contributed by atoms with E-state index in [1.165, 1.54) is 0 Å². The predicted octanol–water partition coefficient (Wildman–Crippen LogP) is 1.07. The molecule has 3 heteroatoms. The molecule has 2 unspecified atom stereocenters. The van der Waals surface area contributed by atoms with Crippen LogP contribution in [0.4, 0.5) is 0 Å². The highest BCUT2D eigenvalue weighted by atomic mass is 32.1. The number of rotatable bonds is 1. The van der Waals surface area contributed by atoms with Crippen LogP contribution in [0.5, 0.6) is 0 Å². The average molecular weight is 148 g/mol. The lowest BCUT2D eigenvalue weighted by Gasteiger charge is -2.24. The highest BCUT2D eigenvalue weighted by Crippen LogP contribution is 2.17. The first kappa shape index (κ1) is 7.38. The molecule has 0 radical (unpaired) electrons. The molecule has 1 aliphatic heterocycles.